The highest BCUT2D eigenvalue weighted by atomic mass is 16.7. The van der Waals surface area contributed by atoms with Crippen LogP contribution in [0.2, 0.25) is 0 Å². The number of nitrogens with zero attached hydrogens (tertiary/aromatic N) is 1. The van der Waals surface area contributed by atoms with E-state index >= 15 is 0 Å². The van der Waals surface area contributed by atoms with Gasteiger partial charge in [0.1, 0.15) is 0 Å². The molecule has 0 bridgehead atoms. The maximum absolute atomic E-state index is 12.7. The van der Waals surface area contributed by atoms with Crippen molar-refractivity contribution in [1.82, 2.24) is 4.90 Å². The average molecular weight is 310 g/mol. The summed E-state index contributed by atoms with van der Waals surface area (Å²) in [6.07, 6.45) is 0. The predicted molar refractivity (Wildman–Crippen MR) is 85.6 cm³/mol. The summed E-state index contributed by atoms with van der Waals surface area (Å²) in [5, 5.41) is 0. The number of fused-ring (bicyclic) bond motifs is 1. The molecule has 0 radical (unpaired) electrons. The molecule has 0 aliphatic carbocycles. The van der Waals surface area contributed by atoms with Crippen LogP contribution in [0, 0.1) is 0 Å². The minimum atomic E-state index is -0.0460. The number of benzene rings is 2. The Bertz CT molecular complexity index is 732. The molecule has 5 heteroatoms. The lowest BCUT2D eigenvalue weighted by molar-refractivity contribution is 0.0788. The molecule has 4 rings (SSSR count). The third-order valence-electron chi connectivity index (χ3n) is 4.50. The van der Waals surface area contributed by atoms with E-state index < -0.39 is 0 Å². The van der Waals surface area contributed by atoms with Crippen LogP contribution in [0.4, 0.5) is 0 Å². The summed E-state index contributed by atoms with van der Waals surface area (Å²) in [6, 6.07) is 15.4. The molecule has 118 valence electrons. The summed E-state index contributed by atoms with van der Waals surface area (Å²) < 4.78 is 10.6. The topological polar surface area (TPSA) is 64.8 Å². The van der Waals surface area contributed by atoms with Gasteiger partial charge in [0.2, 0.25) is 6.79 Å². The van der Waals surface area contributed by atoms with Gasteiger partial charge in [-0.15, -0.1) is 0 Å². The number of nitrogens with two attached hydrogens (primary N) is 1. The first kappa shape index (κ1) is 14.1. The molecule has 5 nitrogen and oxygen atoms in total. The van der Waals surface area contributed by atoms with Crippen molar-refractivity contribution < 1.29 is 14.3 Å². The number of carbonyl (C=O) groups excluding carboxylic acids is 1. The largest absolute Gasteiger partial charge is 0.454 e. The summed E-state index contributed by atoms with van der Waals surface area (Å²) in [5.41, 5.74) is 8.06. The first-order valence-electron chi connectivity index (χ1n) is 7.72. The predicted octanol–water partition coefficient (Wildman–Crippen LogP) is 1.98. The Hall–Kier alpha value is -2.53. The molecule has 2 aromatic carbocycles. The fourth-order valence-corrected chi connectivity index (χ4v) is 3.26. The molecule has 2 aliphatic rings. The second-order valence-corrected chi connectivity index (χ2v) is 5.96. The summed E-state index contributed by atoms with van der Waals surface area (Å²) >= 11 is 0. The molecule has 2 aliphatic heterocycles. The second-order valence-electron chi connectivity index (χ2n) is 5.96. The van der Waals surface area contributed by atoms with Crippen LogP contribution in [-0.2, 0) is 0 Å². The van der Waals surface area contributed by atoms with Gasteiger partial charge in [-0.2, -0.15) is 0 Å². The Labute approximate surface area is 134 Å². The molecule has 1 amide bonds. The number of rotatable bonds is 2. The quantitative estimate of drug-likeness (QED) is 0.921. The van der Waals surface area contributed by atoms with Gasteiger partial charge in [0, 0.05) is 30.6 Å². The molecule has 2 N–H and O–H groups in total. The van der Waals surface area contributed by atoms with E-state index in [-0.39, 0.29) is 24.7 Å². The van der Waals surface area contributed by atoms with Crippen LogP contribution in [-0.4, -0.2) is 36.7 Å². The fourth-order valence-electron chi connectivity index (χ4n) is 3.26. The van der Waals surface area contributed by atoms with E-state index in [4.69, 9.17) is 15.2 Å². The van der Waals surface area contributed by atoms with Crippen LogP contribution in [0.15, 0.2) is 48.5 Å². The highest BCUT2D eigenvalue weighted by Crippen LogP contribution is 2.34. The molecular formula is C18H18N2O3. The Morgan fingerprint density at radius 2 is 1.83 bits per heavy atom. The highest BCUT2D eigenvalue weighted by molar-refractivity contribution is 5.95. The van der Waals surface area contributed by atoms with Crippen LogP contribution in [0.1, 0.15) is 21.8 Å². The molecule has 2 atom stereocenters. The summed E-state index contributed by atoms with van der Waals surface area (Å²) in [7, 11) is 0. The maximum Gasteiger partial charge on any atom is 0.254 e. The van der Waals surface area contributed by atoms with Crippen LogP contribution < -0.4 is 15.2 Å². The van der Waals surface area contributed by atoms with E-state index in [1.54, 1.807) is 18.2 Å². The van der Waals surface area contributed by atoms with Crippen molar-refractivity contribution in [2.75, 3.05) is 19.9 Å². The molecule has 0 saturated carbocycles. The van der Waals surface area contributed by atoms with Crippen molar-refractivity contribution in [3.05, 3.63) is 59.7 Å². The molecule has 23 heavy (non-hydrogen) atoms. The molecular weight excluding hydrogens is 292 g/mol. The van der Waals surface area contributed by atoms with E-state index in [1.807, 2.05) is 23.1 Å². The van der Waals surface area contributed by atoms with Crippen LogP contribution in [0.3, 0.4) is 0 Å². The third kappa shape index (κ3) is 2.53. The molecule has 0 unspecified atom stereocenters. The lowest BCUT2D eigenvalue weighted by atomic mass is 9.95. The fraction of sp³-hybridized carbons (Fsp3) is 0.278. The lowest BCUT2D eigenvalue weighted by Crippen LogP contribution is -2.32. The third-order valence-corrected chi connectivity index (χ3v) is 4.50. The number of amides is 1. The second kappa shape index (κ2) is 5.59. The summed E-state index contributed by atoms with van der Waals surface area (Å²) in [4.78, 5) is 14.6. The highest BCUT2D eigenvalue weighted by Gasteiger charge is 2.34. The van der Waals surface area contributed by atoms with E-state index in [1.165, 1.54) is 5.56 Å². The first-order chi connectivity index (χ1) is 11.2. The van der Waals surface area contributed by atoms with Crippen LogP contribution in [0.25, 0.3) is 0 Å². The Morgan fingerprint density at radius 3 is 2.65 bits per heavy atom. The molecule has 0 aromatic heterocycles. The van der Waals surface area contributed by atoms with Crippen molar-refractivity contribution in [2.24, 2.45) is 5.73 Å². The Balaban J connectivity index is 1.54. The summed E-state index contributed by atoms with van der Waals surface area (Å²) in [5.74, 6) is 1.46. The normalized spacial score (nSPS) is 22.4. The Morgan fingerprint density at radius 1 is 1.04 bits per heavy atom. The minimum Gasteiger partial charge on any atom is -0.454 e. The van der Waals surface area contributed by atoms with Gasteiger partial charge in [-0.1, -0.05) is 30.3 Å². The van der Waals surface area contributed by atoms with Crippen molar-refractivity contribution in [1.29, 1.82) is 0 Å². The van der Waals surface area contributed by atoms with Gasteiger partial charge < -0.3 is 20.1 Å². The lowest BCUT2D eigenvalue weighted by Gasteiger charge is -2.16. The Kier molecular flexibility index (Phi) is 3.42. The zero-order valence-electron chi connectivity index (χ0n) is 12.6. The molecule has 2 aromatic rings. The number of likely N-dealkylation sites (tertiary alicyclic amines) is 1. The maximum atomic E-state index is 12.7. The average Bonchev–Trinajstić information content (AvgIpc) is 3.20. The smallest absolute Gasteiger partial charge is 0.254 e. The monoisotopic (exact) mass is 310 g/mol. The van der Waals surface area contributed by atoms with Gasteiger partial charge in [-0.05, 0) is 23.8 Å². The number of hydrogen-bond donors (Lipinski definition) is 1. The van der Waals surface area contributed by atoms with E-state index in [2.05, 4.69) is 12.1 Å². The van der Waals surface area contributed by atoms with Gasteiger partial charge in [0.15, 0.2) is 11.5 Å². The minimum absolute atomic E-state index is 0.0165. The molecule has 2 heterocycles. The van der Waals surface area contributed by atoms with Crippen molar-refractivity contribution in [3.8, 4) is 11.5 Å². The van der Waals surface area contributed by atoms with Gasteiger partial charge in [-0.3, -0.25) is 4.79 Å². The molecule has 0 spiro atoms. The van der Waals surface area contributed by atoms with Gasteiger partial charge in [-0.25, -0.2) is 0 Å². The van der Waals surface area contributed by atoms with Crippen LogP contribution in [0.5, 0.6) is 11.5 Å². The van der Waals surface area contributed by atoms with Crippen LogP contribution >= 0.6 is 0 Å². The van der Waals surface area contributed by atoms with Gasteiger partial charge in [0.05, 0.1) is 0 Å². The number of hydrogen-bond acceptors (Lipinski definition) is 4. The molecule has 1 fully saturated rings. The summed E-state index contributed by atoms with van der Waals surface area (Å²) in [6.45, 7) is 1.41. The standard InChI is InChI=1S/C18H18N2O3/c19-15-10-20(9-14(15)12-4-2-1-3-5-12)18(21)13-6-7-16-17(8-13)23-11-22-16/h1-8,14-15H,9-11,19H2/t14-,15+/m0/s1. The molecule has 1 saturated heterocycles. The van der Waals surface area contributed by atoms with Crippen molar-refractivity contribution >= 4 is 5.91 Å². The zero-order chi connectivity index (χ0) is 15.8. The van der Waals surface area contributed by atoms with Crippen molar-refractivity contribution in [2.45, 2.75) is 12.0 Å². The van der Waals surface area contributed by atoms with E-state index in [9.17, 15) is 4.79 Å². The number of ether oxygens (including phenoxy) is 2. The van der Waals surface area contributed by atoms with E-state index in [0.717, 1.165) is 0 Å². The zero-order valence-corrected chi connectivity index (χ0v) is 12.6. The van der Waals surface area contributed by atoms with Crippen molar-refractivity contribution in [3.63, 3.8) is 0 Å². The van der Waals surface area contributed by atoms with Gasteiger partial charge >= 0.3 is 0 Å². The van der Waals surface area contributed by atoms with E-state index in [0.29, 0.717) is 30.2 Å². The first-order valence-corrected chi connectivity index (χ1v) is 7.72. The number of carbonyl (C=O) groups is 1. The van der Waals surface area contributed by atoms with Gasteiger partial charge in [0.25, 0.3) is 5.91 Å². The SMILES string of the molecule is N[C@@H]1CN(C(=O)c2ccc3c(c2)OCO3)C[C@H]1c1ccccc1.